The van der Waals surface area contributed by atoms with E-state index < -0.39 is 18.0 Å². The number of anilines is 2. The molecule has 1 atom stereocenters. The summed E-state index contributed by atoms with van der Waals surface area (Å²) in [5.41, 5.74) is 2.00. The van der Waals surface area contributed by atoms with Crippen LogP contribution >= 0.6 is 0 Å². The van der Waals surface area contributed by atoms with E-state index in [0.717, 1.165) is 5.56 Å². The first kappa shape index (κ1) is 16.7. The third kappa shape index (κ3) is 3.60. The Morgan fingerprint density at radius 2 is 2.08 bits per heavy atom. The Hall–Kier alpha value is -2.74. The maximum Gasteiger partial charge on any atom is 0.407 e. The lowest BCUT2D eigenvalue weighted by atomic mass is 10.1. The lowest BCUT2D eigenvalue weighted by Crippen LogP contribution is -2.41. The number of ether oxygens (including phenoxy) is 1. The highest BCUT2D eigenvalue weighted by atomic mass is 19.1. The fourth-order valence-electron chi connectivity index (χ4n) is 3.04. The molecule has 1 aromatic carbocycles. The Balaban J connectivity index is 1.46. The van der Waals surface area contributed by atoms with Crippen LogP contribution in [0.5, 0.6) is 0 Å². The predicted molar refractivity (Wildman–Crippen MR) is 92.0 cm³/mol. The molecule has 0 bridgehead atoms. The number of carboxylic acid groups (broad SMARTS) is 1. The van der Waals surface area contributed by atoms with E-state index in [-0.39, 0.29) is 13.2 Å². The molecule has 1 saturated carbocycles. The van der Waals surface area contributed by atoms with Crippen molar-refractivity contribution < 1.29 is 19.0 Å². The zero-order chi connectivity index (χ0) is 18.1. The molecule has 136 valence electrons. The van der Waals surface area contributed by atoms with Crippen molar-refractivity contribution in [1.82, 2.24) is 14.9 Å². The van der Waals surface area contributed by atoms with E-state index in [1.54, 1.807) is 24.5 Å². The molecule has 2 heterocycles. The highest BCUT2D eigenvalue weighted by Gasteiger charge is 2.27. The van der Waals surface area contributed by atoms with E-state index in [1.807, 2.05) is 0 Å². The fourth-order valence-corrected chi connectivity index (χ4v) is 3.04. The quantitative estimate of drug-likeness (QED) is 0.872. The van der Waals surface area contributed by atoms with Gasteiger partial charge in [-0.15, -0.1) is 0 Å². The average molecular weight is 358 g/mol. The number of morpholine rings is 1. The van der Waals surface area contributed by atoms with Crippen molar-refractivity contribution in [2.75, 3.05) is 25.0 Å². The van der Waals surface area contributed by atoms with Crippen LogP contribution in [0.4, 0.5) is 20.8 Å². The van der Waals surface area contributed by atoms with Gasteiger partial charge in [0.15, 0.2) is 0 Å². The number of nitrogens with one attached hydrogen (secondary N) is 1. The van der Waals surface area contributed by atoms with E-state index in [4.69, 9.17) is 9.84 Å². The molecule has 2 aliphatic rings. The van der Waals surface area contributed by atoms with Crippen LogP contribution < -0.4 is 5.32 Å². The second-order valence-corrected chi connectivity index (χ2v) is 6.56. The van der Waals surface area contributed by atoms with Crippen LogP contribution in [0.25, 0.3) is 0 Å². The van der Waals surface area contributed by atoms with Gasteiger partial charge in [0.05, 0.1) is 13.2 Å². The average Bonchev–Trinajstić information content (AvgIpc) is 3.48. The second-order valence-electron chi connectivity index (χ2n) is 6.56. The minimum absolute atomic E-state index is 0.116. The maximum atomic E-state index is 14.5. The van der Waals surface area contributed by atoms with Gasteiger partial charge in [-0.1, -0.05) is 6.07 Å². The maximum absolute atomic E-state index is 14.5. The molecular formula is C18H19FN4O3. The number of hydrogen-bond donors (Lipinski definition) is 2. The molecule has 26 heavy (non-hydrogen) atoms. The topological polar surface area (TPSA) is 87.6 Å². The molecule has 1 unspecified atom stereocenters. The molecule has 7 nitrogen and oxygen atoms in total. The lowest BCUT2D eigenvalue weighted by molar-refractivity contribution is -0.0247. The molecule has 0 radical (unpaired) electrons. The minimum Gasteiger partial charge on any atom is -0.465 e. The summed E-state index contributed by atoms with van der Waals surface area (Å²) in [4.78, 5) is 20.9. The molecule has 0 spiro atoms. The van der Waals surface area contributed by atoms with Crippen molar-refractivity contribution in [3.05, 3.63) is 47.5 Å². The van der Waals surface area contributed by atoms with Crippen LogP contribution in [-0.4, -0.2) is 45.8 Å². The molecule has 1 amide bonds. The van der Waals surface area contributed by atoms with Crippen LogP contribution in [0, 0.1) is 5.82 Å². The molecule has 1 aliphatic carbocycles. The van der Waals surface area contributed by atoms with E-state index in [0.29, 0.717) is 29.7 Å². The number of carbonyl (C=O) groups is 1. The van der Waals surface area contributed by atoms with Crippen LogP contribution in [0.3, 0.4) is 0 Å². The summed E-state index contributed by atoms with van der Waals surface area (Å²) < 4.78 is 20.1. The molecule has 2 fully saturated rings. The van der Waals surface area contributed by atoms with Gasteiger partial charge in [-0.3, -0.25) is 0 Å². The van der Waals surface area contributed by atoms with Gasteiger partial charge >= 0.3 is 6.09 Å². The molecule has 1 saturated heterocycles. The summed E-state index contributed by atoms with van der Waals surface area (Å²) in [6.07, 6.45) is 4.34. The Bertz CT molecular complexity index is 811. The first-order chi connectivity index (χ1) is 12.6. The third-order valence-corrected chi connectivity index (χ3v) is 4.66. The van der Waals surface area contributed by atoms with Gasteiger partial charge in [-0.25, -0.2) is 19.2 Å². The van der Waals surface area contributed by atoms with Gasteiger partial charge in [0.1, 0.15) is 11.9 Å². The zero-order valence-electron chi connectivity index (χ0n) is 14.1. The standard InChI is InChI=1S/C18H19FN4O3/c19-15-7-13(22-17-20-8-12(9-21-17)11-1-2-11)3-4-14(15)16-10-23(18(24)25)5-6-26-16/h3-4,7-9,11,16H,1-2,5-6,10H2,(H,24,25)(H,20,21,22). The van der Waals surface area contributed by atoms with Crippen molar-refractivity contribution in [3.63, 3.8) is 0 Å². The Labute approximate surface area is 149 Å². The van der Waals surface area contributed by atoms with Gasteiger partial charge in [-0.2, -0.15) is 0 Å². The first-order valence-electron chi connectivity index (χ1n) is 8.58. The number of benzene rings is 1. The summed E-state index contributed by atoms with van der Waals surface area (Å²) in [7, 11) is 0. The second kappa shape index (κ2) is 6.87. The monoisotopic (exact) mass is 358 g/mol. The number of amides is 1. The molecule has 1 aromatic heterocycles. The summed E-state index contributed by atoms with van der Waals surface area (Å²) in [6.45, 7) is 0.656. The van der Waals surface area contributed by atoms with Gasteiger partial charge < -0.3 is 20.1 Å². The number of nitrogens with zero attached hydrogens (tertiary/aromatic N) is 3. The van der Waals surface area contributed by atoms with Gasteiger partial charge in [-0.05, 0) is 36.5 Å². The van der Waals surface area contributed by atoms with E-state index in [1.165, 1.54) is 23.8 Å². The Morgan fingerprint density at radius 1 is 1.31 bits per heavy atom. The highest BCUT2D eigenvalue weighted by Crippen LogP contribution is 2.39. The van der Waals surface area contributed by atoms with Crippen LogP contribution in [-0.2, 0) is 4.74 Å². The Kier molecular flexibility index (Phi) is 4.42. The van der Waals surface area contributed by atoms with Crippen molar-refractivity contribution in [1.29, 1.82) is 0 Å². The normalized spacial score (nSPS) is 20.0. The summed E-state index contributed by atoms with van der Waals surface area (Å²) >= 11 is 0. The molecule has 2 aromatic rings. The number of aromatic nitrogens is 2. The third-order valence-electron chi connectivity index (χ3n) is 4.66. The van der Waals surface area contributed by atoms with E-state index >= 15 is 0 Å². The predicted octanol–water partition coefficient (Wildman–Crippen LogP) is 3.29. The number of halogens is 1. The highest BCUT2D eigenvalue weighted by molar-refractivity contribution is 5.65. The summed E-state index contributed by atoms with van der Waals surface area (Å²) in [5.74, 6) is 0.538. The minimum atomic E-state index is -1.02. The number of rotatable bonds is 4. The zero-order valence-corrected chi connectivity index (χ0v) is 14.1. The Morgan fingerprint density at radius 3 is 2.73 bits per heavy atom. The van der Waals surface area contributed by atoms with Crippen LogP contribution in [0.2, 0.25) is 0 Å². The van der Waals surface area contributed by atoms with Crippen molar-refractivity contribution in [2.24, 2.45) is 0 Å². The lowest BCUT2D eigenvalue weighted by Gasteiger charge is -2.31. The van der Waals surface area contributed by atoms with E-state index in [9.17, 15) is 9.18 Å². The van der Waals surface area contributed by atoms with Crippen molar-refractivity contribution in [2.45, 2.75) is 24.9 Å². The molecule has 2 N–H and O–H groups in total. The summed E-state index contributed by atoms with van der Waals surface area (Å²) in [5, 5.41) is 12.1. The molecule has 1 aliphatic heterocycles. The molecular weight excluding hydrogens is 339 g/mol. The first-order valence-corrected chi connectivity index (χ1v) is 8.58. The van der Waals surface area contributed by atoms with Crippen LogP contribution in [0.1, 0.15) is 36.0 Å². The smallest absolute Gasteiger partial charge is 0.407 e. The van der Waals surface area contributed by atoms with E-state index in [2.05, 4.69) is 15.3 Å². The number of hydrogen-bond acceptors (Lipinski definition) is 5. The summed E-state index contributed by atoms with van der Waals surface area (Å²) in [6, 6.07) is 4.66. The fraction of sp³-hybridized carbons (Fsp3) is 0.389. The molecule has 4 rings (SSSR count). The largest absolute Gasteiger partial charge is 0.465 e. The van der Waals surface area contributed by atoms with Gasteiger partial charge in [0.25, 0.3) is 0 Å². The van der Waals surface area contributed by atoms with Gasteiger partial charge in [0, 0.05) is 30.2 Å². The van der Waals surface area contributed by atoms with Crippen molar-refractivity contribution >= 4 is 17.7 Å². The van der Waals surface area contributed by atoms with Crippen LogP contribution in [0.15, 0.2) is 30.6 Å². The van der Waals surface area contributed by atoms with Gasteiger partial charge in [0.2, 0.25) is 5.95 Å². The van der Waals surface area contributed by atoms with Crippen molar-refractivity contribution in [3.8, 4) is 0 Å². The molecule has 8 heteroatoms. The SMILES string of the molecule is O=C(O)N1CCOC(c2ccc(Nc3ncc(C4CC4)cn3)cc2F)C1.